The number of nitrogens with one attached hydrogen (secondary N) is 2. The van der Waals surface area contributed by atoms with Crippen LogP contribution in [0.15, 0.2) is 23.1 Å². The number of ether oxygens (including phenoxy) is 1. The van der Waals surface area contributed by atoms with Crippen molar-refractivity contribution in [1.82, 2.24) is 10.0 Å². The van der Waals surface area contributed by atoms with Crippen molar-refractivity contribution in [3.05, 3.63) is 24.0 Å². The molecule has 1 saturated heterocycles. The van der Waals surface area contributed by atoms with Crippen molar-refractivity contribution >= 4 is 22.4 Å². The molecule has 0 aromatic heterocycles. The van der Waals surface area contributed by atoms with Crippen molar-refractivity contribution in [2.75, 3.05) is 13.1 Å². The Bertz CT molecular complexity index is 595. The summed E-state index contributed by atoms with van der Waals surface area (Å²) in [5.41, 5.74) is 0. The molecule has 0 atom stereocenters. The van der Waals surface area contributed by atoms with Gasteiger partial charge in [-0.1, -0.05) is 0 Å². The predicted molar refractivity (Wildman–Crippen MR) is 76.5 cm³/mol. The lowest BCUT2D eigenvalue weighted by atomic mass is 10.1. The van der Waals surface area contributed by atoms with Crippen LogP contribution in [0.3, 0.4) is 0 Å². The Hall–Kier alpha value is -1.03. The fourth-order valence-electron chi connectivity index (χ4n) is 2.07. The van der Waals surface area contributed by atoms with Crippen molar-refractivity contribution in [1.29, 1.82) is 0 Å². The maximum Gasteiger partial charge on any atom is 0.387 e. The zero-order valence-electron chi connectivity index (χ0n) is 11.4. The van der Waals surface area contributed by atoms with E-state index in [9.17, 15) is 21.6 Å². The van der Waals surface area contributed by atoms with E-state index < -0.39 is 28.2 Å². The van der Waals surface area contributed by atoms with Crippen LogP contribution in [0.1, 0.15) is 12.8 Å². The lowest BCUT2D eigenvalue weighted by molar-refractivity contribution is -0.0522. The SMILES string of the molecule is Cl.O=S(=O)(NC1CCNCC1)c1ccc(OC(F)F)c(F)c1. The normalized spacial score (nSPS) is 16.4. The molecule has 1 aromatic rings. The minimum absolute atomic E-state index is 0. The molecule has 0 bridgehead atoms. The second-order valence-corrected chi connectivity index (χ2v) is 6.33. The third kappa shape index (κ3) is 5.01. The minimum atomic E-state index is -3.89. The van der Waals surface area contributed by atoms with E-state index in [2.05, 4.69) is 14.8 Å². The topological polar surface area (TPSA) is 67.4 Å². The lowest BCUT2D eigenvalue weighted by Crippen LogP contribution is -2.42. The molecular weight excluding hydrogens is 345 g/mol. The Kier molecular flexibility index (Phi) is 6.92. The fourth-order valence-corrected chi connectivity index (χ4v) is 3.38. The van der Waals surface area contributed by atoms with Gasteiger partial charge in [-0.15, -0.1) is 12.4 Å². The van der Waals surface area contributed by atoms with Crippen LogP contribution in [0.25, 0.3) is 0 Å². The van der Waals surface area contributed by atoms with Gasteiger partial charge >= 0.3 is 6.61 Å². The average Bonchev–Trinajstić information content (AvgIpc) is 2.41. The van der Waals surface area contributed by atoms with Crippen molar-refractivity contribution < 1.29 is 26.3 Å². The van der Waals surface area contributed by atoms with Gasteiger partial charge in [-0.25, -0.2) is 17.5 Å². The van der Waals surface area contributed by atoms with Crippen LogP contribution >= 0.6 is 12.4 Å². The molecule has 22 heavy (non-hydrogen) atoms. The molecule has 1 aliphatic rings. The first kappa shape index (κ1) is 19.0. The highest BCUT2D eigenvalue weighted by molar-refractivity contribution is 7.89. The summed E-state index contributed by atoms with van der Waals surface area (Å²) in [6, 6.07) is 2.35. The third-order valence-corrected chi connectivity index (χ3v) is 4.61. The van der Waals surface area contributed by atoms with E-state index >= 15 is 0 Å². The summed E-state index contributed by atoms with van der Waals surface area (Å²) in [5.74, 6) is -1.84. The molecule has 0 amide bonds. The molecule has 1 aliphatic heterocycles. The summed E-state index contributed by atoms with van der Waals surface area (Å²) in [7, 11) is -3.89. The molecule has 10 heteroatoms. The second kappa shape index (κ2) is 8.00. The monoisotopic (exact) mass is 360 g/mol. The van der Waals surface area contributed by atoms with Crippen LogP contribution in [-0.2, 0) is 10.0 Å². The highest BCUT2D eigenvalue weighted by Gasteiger charge is 2.23. The highest BCUT2D eigenvalue weighted by atomic mass is 35.5. The molecule has 0 radical (unpaired) electrons. The predicted octanol–water partition coefficient (Wildman–Crippen LogP) is 1.88. The standard InChI is InChI=1S/C12H15F3N2O3S.ClH/c13-10-7-9(1-2-11(10)20-12(14)15)21(18,19)17-8-3-5-16-6-4-8;/h1-2,7-8,12,16-17H,3-6H2;1H. The zero-order valence-corrected chi connectivity index (χ0v) is 13.0. The number of rotatable bonds is 5. The molecule has 126 valence electrons. The van der Waals surface area contributed by atoms with E-state index in [4.69, 9.17) is 0 Å². The van der Waals surface area contributed by atoms with Gasteiger partial charge < -0.3 is 10.1 Å². The summed E-state index contributed by atoms with van der Waals surface area (Å²) >= 11 is 0. The van der Waals surface area contributed by atoms with E-state index in [1.807, 2.05) is 0 Å². The average molecular weight is 361 g/mol. The van der Waals surface area contributed by atoms with E-state index in [1.54, 1.807) is 0 Å². The number of hydrogen-bond acceptors (Lipinski definition) is 4. The minimum Gasteiger partial charge on any atom is -0.432 e. The van der Waals surface area contributed by atoms with Gasteiger partial charge in [-0.2, -0.15) is 8.78 Å². The maximum absolute atomic E-state index is 13.6. The van der Waals surface area contributed by atoms with Gasteiger partial charge in [0.1, 0.15) is 0 Å². The van der Waals surface area contributed by atoms with Gasteiger partial charge in [0.25, 0.3) is 0 Å². The van der Waals surface area contributed by atoms with Crippen molar-refractivity contribution in [3.63, 3.8) is 0 Å². The van der Waals surface area contributed by atoms with E-state index in [-0.39, 0.29) is 23.3 Å². The van der Waals surface area contributed by atoms with Crippen molar-refractivity contribution in [2.45, 2.75) is 30.4 Å². The molecule has 0 unspecified atom stereocenters. The van der Waals surface area contributed by atoms with Crippen LogP contribution in [0, 0.1) is 5.82 Å². The molecule has 2 rings (SSSR count). The molecule has 1 aromatic carbocycles. The molecule has 0 spiro atoms. The van der Waals surface area contributed by atoms with Gasteiger partial charge in [0.05, 0.1) is 4.90 Å². The fraction of sp³-hybridized carbons (Fsp3) is 0.500. The van der Waals surface area contributed by atoms with Crippen LogP contribution in [-0.4, -0.2) is 34.2 Å². The summed E-state index contributed by atoms with van der Waals surface area (Å²) in [4.78, 5) is -0.319. The van der Waals surface area contributed by atoms with Crippen molar-refractivity contribution in [2.24, 2.45) is 0 Å². The number of benzene rings is 1. The number of piperidine rings is 1. The molecule has 0 aliphatic carbocycles. The molecule has 0 saturated carbocycles. The number of halogens is 4. The quantitative estimate of drug-likeness (QED) is 0.841. The third-order valence-electron chi connectivity index (χ3n) is 3.09. The first-order chi connectivity index (χ1) is 9.88. The molecule has 1 fully saturated rings. The number of alkyl halides is 2. The van der Waals surface area contributed by atoms with E-state index in [1.165, 1.54) is 0 Å². The van der Waals surface area contributed by atoms with Gasteiger partial charge in [0.2, 0.25) is 10.0 Å². The van der Waals surface area contributed by atoms with Gasteiger partial charge in [-0.05, 0) is 44.1 Å². The Balaban J connectivity index is 0.00000242. The number of hydrogen-bond donors (Lipinski definition) is 2. The first-order valence-electron chi connectivity index (χ1n) is 6.36. The van der Waals surface area contributed by atoms with Crippen LogP contribution in [0.4, 0.5) is 13.2 Å². The Labute approximate surface area is 132 Å². The highest BCUT2D eigenvalue weighted by Crippen LogP contribution is 2.23. The summed E-state index contributed by atoms with van der Waals surface area (Å²) in [5, 5.41) is 3.09. The smallest absolute Gasteiger partial charge is 0.387 e. The van der Waals surface area contributed by atoms with Crippen molar-refractivity contribution in [3.8, 4) is 5.75 Å². The lowest BCUT2D eigenvalue weighted by Gasteiger charge is -2.23. The Morgan fingerprint density at radius 2 is 1.91 bits per heavy atom. The first-order valence-corrected chi connectivity index (χ1v) is 7.84. The van der Waals surface area contributed by atoms with E-state index in [0.717, 1.165) is 12.1 Å². The summed E-state index contributed by atoms with van der Waals surface area (Å²) in [6.07, 6.45) is 1.27. The Morgan fingerprint density at radius 3 is 2.45 bits per heavy atom. The Morgan fingerprint density at radius 1 is 1.27 bits per heavy atom. The largest absolute Gasteiger partial charge is 0.432 e. The maximum atomic E-state index is 13.6. The second-order valence-electron chi connectivity index (χ2n) is 4.62. The summed E-state index contributed by atoms with van der Waals surface area (Å²) in [6.45, 7) is -1.78. The molecule has 5 nitrogen and oxygen atoms in total. The van der Waals surface area contributed by atoms with Crippen LogP contribution < -0.4 is 14.8 Å². The molecule has 1 heterocycles. The van der Waals surface area contributed by atoms with Gasteiger partial charge in [-0.3, -0.25) is 0 Å². The van der Waals surface area contributed by atoms with Gasteiger partial charge in [0, 0.05) is 6.04 Å². The van der Waals surface area contributed by atoms with Crippen LogP contribution in [0.5, 0.6) is 5.75 Å². The van der Waals surface area contributed by atoms with Crippen LogP contribution in [0.2, 0.25) is 0 Å². The molecular formula is C12H16ClF3N2O3S. The molecule has 2 N–H and O–H groups in total. The summed E-state index contributed by atoms with van der Waals surface area (Å²) < 4.78 is 68.2. The van der Waals surface area contributed by atoms with E-state index in [0.29, 0.717) is 32.0 Å². The van der Waals surface area contributed by atoms with Gasteiger partial charge in [0.15, 0.2) is 11.6 Å². The number of sulfonamides is 1. The zero-order chi connectivity index (χ0) is 15.5.